The van der Waals surface area contributed by atoms with E-state index in [0.717, 1.165) is 12.8 Å². The second kappa shape index (κ2) is 5.65. The summed E-state index contributed by atoms with van der Waals surface area (Å²) in [5, 5.41) is 9.48. The van der Waals surface area contributed by atoms with Crippen LogP contribution >= 0.6 is 0 Å². The summed E-state index contributed by atoms with van der Waals surface area (Å²) in [6.07, 6.45) is 1.25. The van der Waals surface area contributed by atoms with Crippen LogP contribution in [0, 0.1) is 6.92 Å². The molecule has 0 fully saturated rings. The molecule has 0 spiro atoms. The fraction of sp³-hybridized carbons (Fsp3) is 0.600. The third-order valence-electron chi connectivity index (χ3n) is 3.15. The van der Waals surface area contributed by atoms with Crippen molar-refractivity contribution in [3.8, 4) is 0 Å². The second-order valence-corrected chi connectivity index (χ2v) is 5.83. The van der Waals surface area contributed by atoms with E-state index in [1.165, 1.54) is 16.7 Å². The van der Waals surface area contributed by atoms with Crippen molar-refractivity contribution < 1.29 is 5.11 Å². The molecule has 2 heteroatoms. The topological polar surface area (TPSA) is 46.2 Å². The molecule has 0 aliphatic heterocycles. The highest BCUT2D eigenvalue weighted by Crippen LogP contribution is 2.26. The Morgan fingerprint density at radius 3 is 2.47 bits per heavy atom. The predicted molar refractivity (Wildman–Crippen MR) is 73.3 cm³/mol. The van der Waals surface area contributed by atoms with Crippen LogP contribution in [-0.4, -0.2) is 17.8 Å². The molecule has 1 rings (SSSR count). The van der Waals surface area contributed by atoms with Crippen molar-refractivity contribution in [2.45, 2.75) is 52.1 Å². The summed E-state index contributed by atoms with van der Waals surface area (Å²) in [7, 11) is 0. The Morgan fingerprint density at radius 1 is 1.29 bits per heavy atom. The Labute approximate surface area is 105 Å². The Hall–Kier alpha value is -0.860. The molecule has 0 amide bonds. The molecule has 0 aliphatic carbocycles. The minimum absolute atomic E-state index is 0.173. The van der Waals surface area contributed by atoms with Crippen LogP contribution in [0.2, 0.25) is 0 Å². The van der Waals surface area contributed by atoms with Crippen LogP contribution in [0.25, 0.3) is 0 Å². The van der Waals surface area contributed by atoms with Gasteiger partial charge in [-0.05, 0) is 41.9 Å². The zero-order chi connectivity index (χ0) is 13.1. The van der Waals surface area contributed by atoms with Gasteiger partial charge < -0.3 is 10.8 Å². The Bertz CT molecular complexity index is 366. The Kier molecular flexibility index (Phi) is 4.72. The second-order valence-electron chi connectivity index (χ2n) is 5.83. The fourth-order valence-electron chi connectivity index (χ4n) is 2.08. The maximum atomic E-state index is 9.48. The van der Waals surface area contributed by atoms with Gasteiger partial charge in [0.15, 0.2) is 0 Å². The van der Waals surface area contributed by atoms with Crippen LogP contribution < -0.4 is 5.73 Å². The largest absolute Gasteiger partial charge is 0.392 e. The predicted octanol–water partition coefficient (Wildman–Crippen LogP) is 2.54. The highest BCUT2D eigenvalue weighted by molar-refractivity contribution is 5.35. The van der Waals surface area contributed by atoms with Crippen LogP contribution in [0.1, 0.15) is 43.9 Å². The van der Waals surface area contributed by atoms with Gasteiger partial charge in [-0.1, -0.05) is 39.0 Å². The molecule has 0 radical (unpaired) electrons. The molecule has 1 aromatic rings. The van der Waals surface area contributed by atoms with E-state index in [1.54, 1.807) is 0 Å². The number of hydrogen-bond donors (Lipinski definition) is 2. The quantitative estimate of drug-likeness (QED) is 0.842. The fourth-order valence-corrected chi connectivity index (χ4v) is 2.08. The summed E-state index contributed by atoms with van der Waals surface area (Å²) in [6, 6.07) is 6.58. The number of benzene rings is 1. The number of aryl methyl sites for hydroxylation is 2. The number of rotatable bonds is 4. The molecular formula is C15H25NO. The molecule has 0 aromatic heterocycles. The standard InChI is InChI=1S/C15H25NO/c1-11-5-6-12(7-8-13(17)10-16)9-14(11)15(2,3)4/h5-6,9,13,17H,7-8,10,16H2,1-4H3. The van der Waals surface area contributed by atoms with Crippen molar-refractivity contribution >= 4 is 0 Å². The van der Waals surface area contributed by atoms with E-state index in [0.29, 0.717) is 6.54 Å². The molecule has 1 unspecified atom stereocenters. The zero-order valence-corrected chi connectivity index (χ0v) is 11.5. The number of hydrogen-bond acceptors (Lipinski definition) is 2. The van der Waals surface area contributed by atoms with Crippen LogP contribution in [0.3, 0.4) is 0 Å². The normalized spacial score (nSPS) is 13.8. The lowest BCUT2D eigenvalue weighted by Crippen LogP contribution is -2.20. The first kappa shape index (κ1) is 14.2. The number of aliphatic hydroxyl groups excluding tert-OH is 1. The van der Waals surface area contributed by atoms with E-state index in [2.05, 4.69) is 45.9 Å². The molecule has 17 heavy (non-hydrogen) atoms. The molecule has 1 atom stereocenters. The first-order chi connectivity index (χ1) is 7.84. The Morgan fingerprint density at radius 2 is 1.94 bits per heavy atom. The first-order valence-electron chi connectivity index (χ1n) is 6.32. The molecule has 0 saturated heterocycles. The van der Waals surface area contributed by atoms with Gasteiger partial charge in [0.2, 0.25) is 0 Å². The third kappa shape index (κ3) is 4.14. The van der Waals surface area contributed by atoms with Crippen molar-refractivity contribution in [3.05, 3.63) is 34.9 Å². The molecule has 0 aliphatic rings. The van der Waals surface area contributed by atoms with Gasteiger partial charge in [0, 0.05) is 6.54 Å². The minimum Gasteiger partial charge on any atom is -0.392 e. The van der Waals surface area contributed by atoms with Gasteiger partial charge >= 0.3 is 0 Å². The van der Waals surface area contributed by atoms with Gasteiger partial charge in [-0.2, -0.15) is 0 Å². The molecular weight excluding hydrogens is 210 g/mol. The zero-order valence-electron chi connectivity index (χ0n) is 11.5. The molecule has 1 aromatic carbocycles. The molecule has 2 nitrogen and oxygen atoms in total. The lowest BCUT2D eigenvalue weighted by atomic mass is 9.83. The number of nitrogens with two attached hydrogens (primary N) is 1. The average molecular weight is 235 g/mol. The monoisotopic (exact) mass is 235 g/mol. The van der Waals surface area contributed by atoms with E-state index in [4.69, 9.17) is 5.73 Å². The van der Waals surface area contributed by atoms with Crippen molar-refractivity contribution in [2.24, 2.45) is 5.73 Å². The van der Waals surface area contributed by atoms with Crippen molar-refractivity contribution in [2.75, 3.05) is 6.54 Å². The van der Waals surface area contributed by atoms with Gasteiger partial charge in [-0.15, -0.1) is 0 Å². The van der Waals surface area contributed by atoms with E-state index in [9.17, 15) is 5.11 Å². The molecule has 0 bridgehead atoms. The van der Waals surface area contributed by atoms with Gasteiger partial charge in [0.05, 0.1) is 6.10 Å². The summed E-state index contributed by atoms with van der Waals surface area (Å²) in [6.45, 7) is 9.19. The summed E-state index contributed by atoms with van der Waals surface area (Å²) in [5.41, 5.74) is 9.59. The highest BCUT2D eigenvalue weighted by atomic mass is 16.3. The number of aliphatic hydroxyl groups is 1. The molecule has 0 saturated carbocycles. The SMILES string of the molecule is Cc1ccc(CCC(O)CN)cc1C(C)(C)C. The lowest BCUT2D eigenvalue weighted by Gasteiger charge is -2.22. The smallest absolute Gasteiger partial charge is 0.0665 e. The highest BCUT2D eigenvalue weighted by Gasteiger charge is 2.16. The maximum absolute atomic E-state index is 9.48. The van der Waals surface area contributed by atoms with E-state index < -0.39 is 0 Å². The lowest BCUT2D eigenvalue weighted by molar-refractivity contribution is 0.173. The maximum Gasteiger partial charge on any atom is 0.0665 e. The van der Waals surface area contributed by atoms with E-state index >= 15 is 0 Å². The van der Waals surface area contributed by atoms with E-state index in [-0.39, 0.29) is 11.5 Å². The van der Waals surface area contributed by atoms with Crippen molar-refractivity contribution in [3.63, 3.8) is 0 Å². The van der Waals surface area contributed by atoms with Crippen LogP contribution in [-0.2, 0) is 11.8 Å². The average Bonchev–Trinajstić information content (AvgIpc) is 2.26. The van der Waals surface area contributed by atoms with Crippen molar-refractivity contribution in [1.82, 2.24) is 0 Å². The molecule has 0 heterocycles. The summed E-state index contributed by atoms with van der Waals surface area (Å²) in [4.78, 5) is 0. The molecule has 3 N–H and O–H groups in total. The Balaban J connectivity index is 2.82. The summed E-state index contributed by atoms with van der Waals surface area (Å²) in [5.74, 6) is 0. The van der Waals surface area contributed by atoms with Gasteiger partial charge in [-0.3, -0.25) is 0 Å². The van der Waals surface area contributed by atoms with Crippen LogP contribution in [0.4, 0.5) is 0 Å². The third-order valence-corrected chi connectivity index (χ3v) is 3.15. The van der Waals surface area contributed by atoms with E-state index in [1.807, 2.05) is 0 Å². The van der Waals surface area contributed by atoms with Gasteiger partial charge in [0.25, 0.3) is 0 Å². The summed E-state index contributed by atoms with van der Waals surface area (Å²) >= 11 is 0. The summed E-state index contributed by atoms with van der Waals surface area (Å²) < 4.78 is 0. The van der Waals surface area contributed by atoms with Crippen molar-refractivity contribution in [1.29, 1.82) is 0 Å². The van der Waals surface area contributed by atoms with Gasteiger partial charge in [-0.25, -0.2) is 0 Å². The first-order valence-corrected chi connectivity index (χ1v) is 6.32. The molecule has 96 valence electrons. The van der Waals surface area contributed by atoms with Gasteiger partial charge in [0.1, 0.15) is 0 Å². The van der Waals surface area contributed by atoms with Crippen LogP contribution in [0.15, 0.2) is 18.2 Å². The van der Waals surface area contributed by atoms with Crippen LogP contribution in [0.5, 0.6) is 0 Å². The minimum atomic E-state index is -0.380.